The average Bonchev–Trinajstić information content (AvgIpc) is 3.32. The fraction of sp³-hybridized carbons (Fsp3) is 0.714. The standard InChI is InChI=1S/C28H44N4O4/c1-28(2,3)36-26(33)29-24-11-9-22(10-12-24)19-30-14-13-25(20-30)31-15-17-32(18-16-31)27(34)35-21-23-7-5-4-6-8-23/h4-8,22,24-25H,9-21H2,1-3H3,(H,29,33)/t22?,24?,25-/m1/s1. The highest BCUT2D eigenvalue weighted by Crippen LogP contribution is 2.27. The summed E-state index contributed by atoms with van der Waals surface area (Å²) in [5.41, 5.74) is 0.564. The summed E-state index contributed by atoms with van der Waals surface area (Å²) in [7, 11) is 0. The van der Waals surface area contributed by atoms with E-state index < -0.39 is 5.60 Å². The van der Waals surface area contributed by atoms with Gasteiger partial charge < -0.3 is 24.6 Å². The molecule has 1 aromatic carbocycles. The van der Waals surface area contributed by atoms with Crippen LogP contribution in [0.3, 0.4) is 0 Å². The molecule has 0 spiro atoms. The van der Waals surface area contributed by atoms with Crippen LogP contribution in [-0.2, 0) is 16.1 Å². The summed E-state index contributed by atoms with van der Waals surface area (Å²) in [6.45, 7) is 12.8. The molecule has 1 saturated carbocycles. The van der Waals surface area contributed by atoms with Crippen molar-refractivity contribution in [3.63, 3.8) is 0 Å². The Kier molecular flexibility index (Phi) is 9.12. The number of alkyl carbamates (subject to hydrolysis) is 1. The van der Waals surface area contributed by atoms with Crippen LogP contribution in [0.5, 0.6) is 0 Å². The minimum absolute atomic E-state index is 0.205. The number of nitrogens with one attached hydrogen (secondary N) is 1. The second-order valence-electron chi connectivity index (χ2n) is 11.6. The van der Waals surface area contributed by atoms with E-state index in [-0.39, 0.29) is 18.2 Å². The number of hydrogen-bond acceptors (Lipinski definition) is 6. The van der Waals surface area contributed by atoms with Gasteiger partial charge in [-0.3, -0.25) is 4.90 Å². The molecule has 1 N–H and O–H groups in total. The van der Waals surface area contributed by atoms with Crippen molar-refractivity contribution < 1.29 is 19.1 Å². The number of benzene rings is 1. The topological polar surface area (TPSA) is 74.4 Å². The van der Waals surface area contributed by atoms with Crippen molar-refractivity contribution in [3.8, 4) is 0 Å². The van der Waals surface area contributed by atoms with Crippen LogP contribution >= 0.6 is 0 Å². The van der Waals surface area contributed by atoms with Gasteiger partial charge in [0.25, 0.3) is 0 Å². The van der Waals surface area contributed by atoms with Crippen LogP contribution in [0.4, 0.5) is 9.59 Å². The van der Waals surface area contributed by atoms with E-state index in [9.17, 15) is 9.59 Å². The summed E-state index contributed by atoms with van der Waals surface area (Å²) >= 11 is 0. The highest BCUT2D eigenvalue weighted by Gasteiger charge is 2.33. The van der Waals surface area contributed by atoms with Crippen molar-refractivity contribution in [1.82, 2.24) is 20.0 Å². The summed E-state index contributed by atoms with van der Waals surface area (Å²) in [6, 6.07) is 10.7. The summed E-state index contributed by atoms with van der Waals surface area (Å²) in [4.78, 5) is 31.5. The first-order chi connectivity index (χ1) is 17.2. The third-order valence-corrected chi connectivity index (χ3v) is 7.63. The SMILES string of the molecule is CC(C)(C)OC(=O)NC1CCC(CN2CC[C@@H](N3CCN(C(=O)OCc4ccccc4)CC3)C2)CC1. The molecule has 1 aromatic rings. The Balaban J connectivity index is 1.11. The third kappa shape index (κ3) is 8.10. The van der Waals surface area contributed by atoms with Gasteiger partial charge in [-0.2, -0.15) is 0 Å². The molecular formula is C28H44N4O4. The van der Waals surface area contributed by atoms with Crippen LogP contribution in [0.1, 0.15) is 58.4 Å². The van der Waals surface area contributed by atoms with Crippen molar-refractivity contribution in [1.29, 1.82) is 0 Å². The number of carbonyl (C=O) groups excluding carboxylic acids is 2. The van der Waals surface area contributed by atoms with Gasteiger partial charge in [-0.05, 0) is 70.9 Å². The molecule has 1 atom stereocenters. The molecule has 2 heterocycles. The zero-order valence-electron chi connectivity index (χ0n) is 22.3. The number of nitrogens with zero attached hydrogens (tertiary/aromatic N) is 3. The van der Waals surface area contributed by atoms with E-state index in [0.29, 0.717) is 18.6 Å². The minimum Gasteiger partial charge on any atom is -0.445 e. The Morgan fingerprint density at radius 1 is 0.944 bits per heavy atom. The molecule has 3 fully saturated rings. The molecule has 4 rings (SSSR count). The zero-order chi connectivity index (χ0) is 25.5. The Morgan fingerprint density at radius 2 is 1.64 bits per heavy atom. The van der Waals surface area contributed by atoms with Gasteiger partial charge in [0.1, 0.15) is 12.2 Å². The van der Waals surface area contributed by atoms with Crippen LogP contribution in [0.25, 0.3) is 0 Å². The molecule has 200 valence electrons. The second kappa shape index (κ2) is 12.3. The maximum atomic E-state index is 12.5. The summed E-state index contributed by atoms with van der Waals surface area (Å²) in [6.07, 6.45) is 5.08. The predicted octanol–water partition coefficient (Wildman–Crippen LogP) is 4.10. The van der Waals surface area contributed by atoms with E-state index >= 15 is 0 Å². The maximum absolute atomic E-state index is 12.5. The molecular weight excluding hydrogens is 456 g/mol. The molecule has 0 unspecified atom stereocenters. The molecule has 2 saturated heterocycles. The Hall–Kier alpha value is -2.32. The predicted molar refractivity (Wildman–Crippen MR) is 140 cm³/mol. The highest BCUT2D eigenvalue weighted by molar-refractivity contribution is 5.68. The molecule has 0 radical (unpaired) electrons. The molecule has 0 aromatic heterocycles. The summed E-state index contributed by atoms with van der Waals surface area (Å²) in [5.74, 6) is 0.705. The van der Waals surface area contributed by atoms with E-state index in [1.54, 1.807) is 0 Å². The summed E-state index contributed by atoms with van der Waals surface area (Å²) < 4.78 is 10.9. The van der Waals surface area contributed by atoms with E-state index in [0.717, 1.165) is 77.1 Å². The van der Waals surface area contributed by atoms with Crippen LogP contribution in [0.2, 0.25) is 0 Å². The van der Waals surface area contributed by atoms with Gasteiger partial charge in [0.15, 0.2) is 0 Å². The molecule has 0 bridgehead atoms. The van der Waals surface area contributed by atoms with Gasteiger partial charge in [0.2, 0.25) is 0 Å². The smallest absolute Gasteiger partial charge is 0.410 e. The number of rotatable bonds is 6. The van der Waals surface area contributed by atoms with Gasteiger partial charge in [0.05, 0.1) is 0 Å². The molecule has 3 aliphatic rings. The normalized spacial score (nSPS) is 26.0. The Morgan fingerprint density at radius 3 is 2.31 bits per heavy atom. The van der Waals surface area contributed by atoms with Crippen LogP contribution in [0, 0.1) is 5.92 Å². The Labute approximate surface area is 216 Å². The number of amides is 2. The van der Waals surface area contributed by atoms with Gasteiger partial charge >= 0.3 is 12.2 Å². The lowest BCUT2D eigenvalue weighted by Gasteiger charge is -2.37. The molecule has 8 heteroatoms. The van der Waals surface area contributed by atoms with E-state index in [2.05, 4.69) is 15.1 Å². The average molecular weight is 501 g/mol. The van der Waals surface area contributed by atoms with Gasteiger partial charge in [-0.15, -0.1) is 0 Å². The second-order valence-corrected chi connectivity index (χ2v) is 11.6. The number of piperazine rings is 1. The first-order valence-electron chi connectivity index (χ1n) is 13.7. The van der Waals surface area contributed by atoms with Crippen molar-refractivity contribution in [3.05, 3.63) is 35.9 Å². The van der Waals surface area contributed by atoms with Crippen molar-refractivity contribution in [2.45, 2.75) is 77.2 Å². The van der Waals surface area contributed by atoms with Crippen LogP contribution < -0.4 is 5.32 Å². The largest absolute Gasteiger partial charge is 0.445 e. The van der Waals surface area contributed by atoms with Gasteiger partial charge in [-0.1, -0.05) is 30.3 Å². The van der Waals surface area contributed by atoms with E-state index in [1.165, 1.54) is 6.42 Å². The van der Waals surface area contributed by atoms with Crippen LogP contribution in [0.15, 0.2) is 30.3 Å². The number of carbonyl (C=O) groups is 2. The van der Waals surface area contributed by atoms with Gasteiger partial charge in [0, 0.05) is 51.4 Å². The zero-order valence-corrected chi connectivity index (χ0v) is 22.3. The molecule has 2 amide bonds. The molecule has 2 aliphatic heterocycles. The fourth-order valence-electron chi connectivity index (χ4n) is 5.69. The summed E-state index contributed by atoms with van der Waals surface area (Å²) in [5, 5.41) is 3.05. The van der Waals surface area contributed by atoms with Crippen molar-refractivity contribution in [2.75, 3.05) is 45.8 Å². The highest BCUT2D eigenvalue weighted by atomic mass is 16.6. The Bertz CT molecular complexity index is 843. The van der Waals surface area contributed by atoms with E-state index in [4.69, 9.17) is 9.47 Å². The number of likely N-dealkylation sites (tertiary alicyclic amines) is 1. The first kappa shape index (κ1) is 26.7. The maximum Gasteiger partial charge on any atom is 0.410 e. The number of ether oxygens (including phenoxy) is 2. The van der Waals surface area contributed by atoms with Crippen LogP contribution in [-0.4, -0.2) is 90.4 Å². The van der Waals surface area contributed by atoms with Crippen molar-refractivity contribution >= 4 is 12.2 Å². The molecule has 36 heavy (non-hydrogen) atoms. The lowest BCUT2D eigenvalue weighted by Crippen LogP contribution is -2.52. The lowest BCUT2D eigenvalue weighted by molar-refractivity contribution is 0.0484. The third-order valence-electron chi connectivity index (χ3n) is 7.63. The monoisotopic (exact) mass is 500 g/mol. The molecule has 1 aliphatic carbocycles. The van der Waals surface area contributed by atoms with E-state index in [1.807, 2.05) is 56.0 Å². The minimum atomic E-state index is -0.452. The quantitative estimate of drug-likeness (QED) is 0.634. The van der Waals surface area contributed by atoms with Crippen molar-refractivity contribution in [2.24, 2.45) is 5.92 Å². The fourth-order valence-corrected chi connectivity index (χ4v) is 5.69. The van der Waals surface area contributed by atoms with Gasteiger partial charge in [-0.25, -0.2) is 9.59 Å². The molecule has 8 nitrogen and oxygen atoms in total. The first-order valence-corrected chi connectivity index (χ1v) is 13.7. The number of hydrogen-bond donors (Lipinski definition) is 1. The lowest BCUT2D eigenvalue weighted by atomic mass is 9.86.